The second-order valence-corrected chi connectivity index (χ2v) is 6.64. The Hall–Kier alpha value is -0.403. The number of hydrogen-bond acceptors (Lipinski definition) is 5. The maximum atomic E-state index is 5.43. The number of rotatable bonds is 9. The summed E-state index contributed by atoms with van der Waals surface area (Å²) < 4.78 is 26.3. The van der Waals surface area contributed by atoms with E-state index in [1.54, 1.807) is 21.3 Å². The van der Waals surface area contributed by atoms with Crippen molar-refractivity contribution in [3.8, 4) is 0 Å². The van der Waals surface area contributed by atoms with E-state index in [4.69, 9.17) is 22.8 Å². The SMILES string of the molecule is C=C1OC1COCCC[Si](OC)(OC)OC. The lowest BCUT2D eigenvalue weighted by Crippen LogP contribution is -2.42. The van der Waals surface area contributed by atoms with Crippen LogP contribution in [-0.2, 0) is 22.8 Å². The average Bonchev–Trinajstić information content (AvgIpc) is 3.01. The van der Waals surface area contributed by atoms with Crippen molar-refractivity contribution >= 4 is 8.80 Å². The van der Waals surface area contributed by atoms with Crippen molar-refractivity contribution in [1.29, 1.82) is 0 Å². The molecule has 1 aliphatic heterocycles. The third kappa shape index (κ3) is 3.87. The molecule has 1 atom stereocenters. The zero-order valence-corrected chi connectivity index (χ0v) is 11.2. The third-order valence-corrected chi connectivity index (χ3v) is 5.40. The summed E-state index contributed by atoms with van der Waals surface area (Å²) in [5, 5.41) is 0. The smallest absolute Gasteiger partial charge is 0.481 e. The summed E-state index contributed by atoms with van der Waals surface area (Å²) in [4.78, 5) is 0. The average molecular weight is 248 g/mol. The molecule has 0 aliphatic carbocycles. The van der Waals surface area contributed by atoms with Gasteiger partial charge in [0, 0.05) is 34.0 Å². The van der Waals surface area contributed by atoms with E-state index in [2.05, 4.69) is 6.58 Å². The highest BCUT2D eigenvalue weighted by atomic mass is 28.4. The predicted molar refractivity (Wildman–Crippen MR) is 61.0 cm³/mol. The van der Waals surface area contributed by atoms with Crippen molar-refractivity contribution in [1.82, 2.24) is 0 Å². The van der Waals surface area contributed by atoms with Crippen LogP contribution in [0.4, 0.5) is 0 Å². The standard InChI is InChI=1S/C10H20O5Si/c1-9-10(15-9)8-14-6-5-7-16(11-2,12-3)13-4/h10H,1,5-8H2,2-4H3. The zero-order valence-electron chi connectivity index (χ0n) is 10.2. The van der Waals surface area contributed by atoms with Crippen LogP contribution in [0, 0.1) is 0 Å². The fraction of sp³-hybridized carbons (Fsp3) is 0.800. The molecule has 1 rings (SSSR count). The molecule has 1 heterocycles. The molecule has 0 aromatic heterocycles. The Bertz CT molecular complexity index is 221. The Morgan fingerprint density at radius 2 is 1.81 bits per heavy atom. The Morgan fingerprint density at radius 3 is 2.25 bits per heavy atom. The molecule has 0 amide bonds. The first-order chi connectivity index (χ1) is 7.67. The Labute approximate surface area is 97.6 Å². The van der Waals surface area contributed by atoms with Crippen LogP contribution in [0.1, 0.15) is 6.42 Å². The zero-order chi connectivity index (χ0) is 12.0. The molecule has 0 saturated carbocycles. The van der Waals surface area contributed by atoms with Crippen molar-refractivity contribution in [3.05, 3.63) is 12.3 Å². The molecule has 16 heavy (non-hydrogen) atoms. The van der Waals surface area contributed by atoms with Crippen molar-refractivity contribution in [2.45, 2.75) is 18.6 Å². The number of hydrogen-bond donors (Lipinski definition) is 0. The van der Waals surface area contributed by atoms with Gasteiger partial charge in [-0.2, -0.15) is 0 Å². The maximum Gasteiger partial charge on any atom is 0.500 e. The van der Waals surface area contributed by atoms with E-state index in [0.717, 1.165) is 18.2 Å². The lowest BCUT2D eigenvalue weighted by atomic mass is 10.4. The summed E-state index contributed by atoms with van der Waals surface area (Å²) in [5.74, 6) is 0.814. The van der Waals surface area contributed by atoms with Crippen LogP contribution in [0.15, 0.2) is 12.3 Å². The van der Waals surface area contributed by atoms with E-state index >= 15 is 0 Å². The van der Waals surface area contributed by atoms with Gasteiger partial charge in [0.25, 0.3) is 0 Å². The van der Waals surface area contributed by atoms with Crippen LogP contribution in [-0.4, -0.2) is 49.5 Å². The van der Waals surface area contributed by atoms with Crippen LogP contribution < -0.4 is 0 Å². The number of ether oxygens (including phenoxy) is 2. The molecule has 1 saturated heterocycles. The molecule has 5 nitrogen and oxygen atoms in total. The van der Waals surface area contributed by atoms with E-state index in [0.29, 0.717) is 13.2 Å². The largest absolute Gasteiger partial charge is 0.500 e. The highest BCUT2D eigenvalue weighted by Crippen LogP contribution is 2.24. The lowest BCUT2D eigenvalue weighted by Gasteiger charge is -2.24. The Morgan fingerprint density at radius 1 is 1.25 bits per heavy atom. The van der Waals surface area contributed by atoms with E-state index in [1.807, 2.05) is 0 Å². The van der Waals surface area contributed by atoms with E-state index in [1.165, 1.54) is 0 Å². The van der Waals surface area contributed by atoms with Crippen LogP contribution in [0.2, 0.25) is 6.04 Å². The van der Waals surface area contributed by atoms with E-state index in [-0.39, 0.29) is 6.10 Å². The molecule has 0 aromatic carbocycles. The summed E-state index contributed by atoms with van der Waals surface area (Å²) in [6.45, 7) is 4.91. The van der Waals surface area contributed by atoms with Gasteiger partial charge in [0.15, 0.2) is 6.10 Å². The van der Waals surface area contributed by atoms with Crippen molar-refractivity contribution in [2.24, 2.45) is 0 Å². The molecule has 0 aromatic rings. The summed E-state index contributed by atoms with van der Waals surface area (Å²) in [6, 6.07) is 0.753. The van der Waals surface area contributed by atoms with Crippen molar-refractivity contribution in [2.75, 3.05) is 34.5 Å². The minimum atomic E-state index is -2.42. The highest BCUT2D eigenvalue weighted by Gasteiger charge is 2.37. The summed E-state index contributed by atoms with van der Waals surface area (Å²) in [7, 11) is 2.42. The fourth-order valence-electron chi connectivity index (χ4n) is 1.41. The molecule has 0 spiro atoms. The van der Waals surface area contributed by atoms with Gasteiger partial charge in [0.05, 0.1) is 6.61 Å². The van der Waals surface area contributed by atoms with Gasteiger partial charge in [0.1, 0.15) is 5.76 Å². The van der Waals surface area contributed by atoms with Crippen LogP contribution >= 0.6 is 0 Å². The van der Waals surface area contributed by atoms with Crippen LogP contribution in [0.5, 0.6) is 0 Å². The van der Waals surface area contributed by atoms with Gasteiger partial charge in [-0.05, 0) is 6.42 Å². The second-order valence-electron chi connectivity index (χ2n) is 3.55. The minimum Gasteiger partial charge on any atom is -0.481 e. The molecule has 1 unspecified atom stereocenters. The van der Waals surface area contributed by atoms with E-state index in [9.17, 15) is 0 Å². The minimum absolute atomic E-state index is 0.106. The molecule has 0 N–H and O–H groups in total. The van der Waals surface area contributed by atoms with Gasteiger partial charge in [-0.3, -0.25) is 0 Å². The molecule has 1 aliphatic rings. The molecule has 0 bridgehead atoms. The fourth-order valence-corrected chi connectivity index (χ4v) is 3.10. The summed E-state index contributed by atoms with van der Waals surface area (Å²) in [5.41, 5.74) is 0. The van der Waals surface area contributed by atoms with Gasteiger partial charge in [-0.1, -0.05) is 6.58 Å². The van der Waals surface area contributed by atoms with Crippen molar-refractivity contribution < 1.29 is 22.8 Å². The molecule has 1 fully saturated rings. The quantitative estimate of drug-likeness (QED) is 0.348. The predicted octanol–water partition coefficient (Wildman–Crippen LogP) is 1.18. The maximum absolute atomic E-state index is 5.43. The van der Waals surface area contributed by atoms with Crippen molar-refractivity contribution in [3.63, 3.8) is 0 Å². The second kappa shape index (κ2) is 6.36. The third-order valence-electron chi connectivity index (χ3n) is 2.57. The molecular formula is C10H20O5Si. The van der Waals surface area contributed by atoms with E-state index < -0.39 is 8.80 Å². The lowest BCUT2D eigenvalue weighted by molar-refractivity contribution is 0.100. The molecular weight excluding hydrogens is 228 g/mol. The highest BCUT2D eigenvalue weighted by molar-refractivity contribution is 6.60. The van der Waals surface area contributed by atoms with Gasteiger partial charge < -0.3 is 22.8 Å². The summed E-state index contributed by atoms with van der Waals surface area (Å²) >= 11 is 0. The van der Waals surface area contributed by atoms with Crippen LogP contribution in [0.25, 0.3) is 0 Å². The molecule has 0 radical (unpaired) electrons. The Kier molecular flexibility index (Phi) is 5.43. The van der Waals surface area contributed by atoms with Gasteiger partial charge in [-0.25, -0.2) is 0 Å². The van der Waals surface area contributed by atoms with Gasteiger partial charge in [0.2, 0.25) is 0 Å². The summed E-state index contributed by atoms with van der Waals surface area (Å²) in [6.07, 6.45) is 0.954. The number of epoxide rings is 1. The van der Waals surface area contributed by atoms with Gasteiger partial charge in [-0.15, -0.1) is 0 Å². The normalized spacial score (nSPS) is 19.7. The molecule has 94 valence electrons. The topological polar surface area (TPSA) is 49.5 Å². The Balaban J connectivity index is 2.06. The van der Waals surface area contributed by atoms with Crippen LogP contribution in [0.3, 0.4) is 0 Å². The van der Waals surface area contributed by atoms with Gasteiger partial charge >= 0.3 is 8.80 Å². The first-order valence-corrected chi connectivity index (χ1v) is 7.19. The first kappa shape index (κ1) is 13.7. The first-order valence-electron chi connectivity index (χ1n) is 5.26. The monoisotopic (exact) mass is 248 g/mol. The molecule has 6 heteroatoms.